The van der Waals surface area contributed by atoms with Crippen molar-refractivity contribution in [1.82, 2.24) is 4.90 Å². The van der Waals surface area contributed by atoms with Crippen molar-refractivity contribution in [2.24, 2.45) is 5.41 Å². The Bertz CT molecular complexity index is 856. The summed E-state index contributed by atoms with van der Waals surface area (Å²) in [7, 11) is -0.555. The average molecular weight is 413 g/mol. The van der Waals surface area contributed by atoms with Crippen molar-refractivity contribution in [2.45, 2.75) is 65.7 Å². The zero-order valence-corrected chi connectivity index (χ0v) is 19.0. The molecule has 0 aliphatic carbocycles. The summed E-state index contributed by atoms with van der Waals surface area (Å²) < 4.78 is 12.4. The zero-order valence-electron chi connectivity index (χ0n) is 19.0. The Morgan fingerprint density at radius 2 is 1.77 bits per heavy atom. The van der Waals surface area contributed by atoms with Crippen molar-refractivity contribution in [3.63, 3.8) is 0 Å². The predicted octanol–water partition coefficient (Wildman–Crippen LogP) is 3.07. The highest BCUT2D eigenvalue weighted by molar-refractivity contribution is 6.62. The highest BCUT2D eigenvalue weighted by Gasteiger charge is 2.52. The van der Waals surface area contributed by atoms with Gasteiger partial charge in [0.15, 0.2) is 0 Å². The normalized spacial score (nSPS) is 23.4. The van der Waals surface area contributed by atoms with Gasteiger partial charge >= 0.3 is 13.2 Å². The number of piperazine rings is 1. The molecular weight excluding hydrogens is 381 g/mol. The van der Waals surface area contributed by atoms with Gasteiger partial charge in [0.2, 0.25) is 0 Å². The van der Waals surface area contributed by atoms with Crippen LogP contribution in [0.1, 0.15) is 54.0 Å². The van der Waals surface area contributed by atoms with Gasteiger partial charge in [-0.15, -0.1) is 0 Å². The SMILES string of the molecule is CC(C)(C)C1CN(c2cc(C#N)cc(B3OC(C)(C)C(C)(C)O3)c2)CCN1C(=O)O. The monoisotopic (exact) mass is 413 g/mol. The number of hydrogen-bond donors (Lipinski definition) is 1. The number of nitriles is 1. The van der Waals surface area contributed by atoms with Crippen molar-refractivity contribution >= 4 is 24.4 Å². The van der Waals surface area contributed by atoms with E-state index in [-0.39, 0.29) is 11.5 Å². The number of carbonyl (C=O) groups is 1. The molecule has 2 aliphatic heterocycles. The van der Waals surface area contributed by atoms with Crippen LogP contribution in [0.25, 0.3) is 0 Å². The fourth-order valence-electron chi connectivity index (χ4n) is 3.98. The molecule has 8 heteroatoms. The predicted molar refractivity (Wildman–Crippen MR) is 117 cm³/mol. The summed E-state index contributed by atoms with van der Waals surface area (Å²) in [5, 5.41) is 19.2. The van der Waals surface area contributed by atoms with Crippen LogP contribution >= 0.6 is 0 Å². The first-order valence-corrected chi connectivity index (χ1v) is 10.4. The van der Waals surface area contributed by atoms with Gasteiger partial charge in [0, 0.05) is 25.3 Å². The molecule has 3 rings (SSSR count). The number of hydrogen-bond acceptors (Lipinski definition) is 5. The van der Waals surface area contributed by atoms with E-state index in [1.165, 1.54) is 4.90 Å². The second-order valence-corrected chi connectivity index (χ2v) is 10.3. The maximum atomic E-state index is 11.7. The molecule has 1 atom stereocenters. The maximum Gasteiger partial charge on any atom is 0.494 e. The Hall–Kier alpha value is -2.24. The summed E-state index contributed by atoms with van der Waals surface area (Å²) in [5.41, 5.74) is 1.08. The van der Waals surface area contributed by atoms with Crippen LogP contribution in [-0.4, -0.2) is 60.1 Å². The summed E-state index contributed by atoms with van der Waals surface area (Å²) in [6.07, 6.45) is -0.891. The van der Waals surface area contributed by atoms with Crippen LogP contribution in [0.4, 0.5) is 10.5 Å². The van der Waals surface area contributed by atoms with Crippen molar-refractivity contribution in [3.8, 4) is 6.07 Å². The van der Waals surface area contributed by atoms with E-state index in [1.54, 1.807) is 6.07 Å². The van der Waals surface area contributed by atoms with E-state index in [9.17, 15) is 15.2 Å². The summed E-state index contributed by atoms with van der Waals surface area (Å²) in [5.74, 6) is 0. The molecule has 30 heavy (non-hydrogen) atoms. The standard InChI is InChI=1S/C22H32BN3O4/c1-20(2,3)18-14-25(8-9-26(18)19(27)28)17-11-15(13-24)10-16(12-17)23-29-21(4,5)22(6,7)30-23/h10-12,18H,8-9,14H2,1-7H3,(H,27,28). The molecule has 1 amide bonds. The fraction of sp³-hybridized carbons (Fsp3) is 0.636. The van der Waals surface area contributed by atoms with Crippen LogP contribution in [0.5, 0.6) is 0 Å². The summed E-state index contributed by atoms with van der Waals surface area (Å²) >= 11 is 0. The molecule has 0 spiro atoms. The minimum Gasteiger partial charge on any atom is -0.465 e. The van der Waals surface area contributed by atoms with E-state index in [0.29, 0.717) is 25.2 Å². The molecule has 2 saturated heterocycles. The first kappa shape index (κ1) is 22.5. The van der Waals surface area contributed by atoms with Gasteiger partial charge in [-0.3, -0.25) is 0 Å². The second kappa shape index (κ2) is 7.47. The molecule has 7 nitrogen and oxygen atoms in total. The molecule has 0 aromatic heterocycles. The topological polar surface area (TPSA) is 86.0 Å². The minimum atomic E-state index is -0.891. The summed E-state index contributed by atoms with van der Waals surface area (Å²) in [6.45, 7) is 15.7. The second-order valence-electron chi connectivity index (χ2n) is 10.3. The molecule has 0 radical (unpaired) electrons. The van der Waals surface area contributed by atoms with Crippen molar-refractivity contribution < 1.29 is 19.2 Å². The largest absolute Gasteiger partial charge is 0.494 e. The fourth-order valence-corrected chi connectivity index (χ4v) is 3.98. The third kappa shape index (κ3) is 4.14. The molecule has 162 valence electrons. The molecule has 2 aliphatic rings. The van der Waals surface area contributed by atoms with E-state index in [2.05, 4.69) is 31.7 Å². The minimum absolute atomic E-state index is 0.158. The van der Waals surface area contributed by atoms with Crippen LogP contribution in [0.15, 0.2) is 18.2 Å². The number of carboxylic acid groups (broad SMARTS) is 1. The van der Waals surface area contributed by atoms with Crippen molar-refractivity contribution in [3.05, 3.63) is 23.8 Å². The lowest BCUT2D eigenvalue weighted by Gasteiger charge is -2.46. The van der Waals surface area contributed by atoms with E-state index in [1.807, 2.05) is 39.8 Å². The number of anilines is 1. The molecule has 1 aromatic rings. The zero-order chi connectivity index (χ0) is 22.5. The van der Waals surface area contributed by atoms with Gasteiger partial charge in [-0.2, -0.15) is 5.26 Å². The van der Waals surface area contributed by atoms with Gasteiger partial charge in [-0.05, 0) is 56.8 Å². The average Bonchev–Trinajstić information content (AvgIpc) is 2.87. The molecule has 2 heterocycles. The summed E-state index contributed by atoms with van der Waals surface area (Å²) in [4.78, 5) is 15.4. The summed E-state index contributed by atoms with van der Waals surface area (Å²) in [6, 6.07) is 7.74. The lowest BCUT2D eigenvalue weighted by Crippen LogP contribution is -2.59. The number of benzene rings is 1. The van der Waals surface area contributed by atoms with Crippen molar-refractivity contribution in [2.75, 3.05) is 24.5 Å². The maximum absolute atomic E-state index is 11.7. The van der Waals surface area contributed by atoms with E-state index < -0.39 is 24.4 Å². The third-order valence-corrected chi connectivity index (χ3v) is 6.59. The van der Waals surface area contributed by atoms with Crippen LogP contribution in [0.2, 0.25) is 0 Å². The van der Waals surface area contributed by atoms with Crippen LogP contribution < -0.4 is 10.4 Å². The molecule has 0 saturated carbocycles. The van der Waals surface area contributed by atoms with Crippen LogP contribution in [0, 0.1) is 16.7 Å². The van der Waals surface area contributed by atoms with E-state index in [0.717, 1.165) is 11.2 Å². The number of amides is 1. The van der Waals surface area contributed by atoms with Gasteiger partial charge < -0.3 is 24.2 Å². The molecular formula is C22H32BN3O4. The van der Waals surface area contributed by atoms with E-state index in [4.69, 9.17) is 9.31 Å². The number of nitrogens with zero attached hydrogens (tertiary/aromatic N) is 3. The van der Waals surface area contributed by atoms with Gasteiger partial charge in [-0.1, -0.05) is 20.8 Å². The van der Waals surface area contributed by atoms with Gasteiger partial charge in [0.25, 0.3) is 0 Å². The third-order valence-electron chi connectivity index (χ3n) is 6.59. The smallest absolute Gasteiger partial charge is 0.465 e. The Kier molecular flexibility index (Phi) is 5.59. The van der Waals surface area contributed by atoms with Gasteiger partial charge in [0.1, 0.15) is 0 Å². The first-order valence-electron chi connectivity index (χ1n) is 10.4. The Balaban J connectivity index is 1.93. The molecule has 1 N–H and O–H groups in total. The van der Waals surface area contributed by atoms with Crippen LogP contribution in [-0.2, 0) is 9.31 Å². The Morgan fingerprint density at radius 1 is 1.17 bits per heavy atom. The molecule has 2 fully saturated rings. The lowest BCUT2D eigenvalue weighted by molar-refractivity contribution is 0.00578. The quantitative estimate of drug-likeness (QED) is 0.750. The van der Waals surface area contributed by atoms with Crippen molar-refractivity contribution in [1.29, 1.82) is 5.26 Å². The molecule has 1 unspecified atom stereocenters. The molecule has 1 aromatic carbocycles. The molecule has 0 bridgehead atoms. The highest BCUT2D eigenvalue weighted by Crippen LogP contribution is 2.37. The number of rotatable bonds is 2. The Morgan fingerprint density at radius 3 is 2.27 bits per heavy atom. The first-order chi connectivity index (χ1) is 13.7. The van der Waals surface area contributed by atoms with Gasteiger partial charge in [0.05, 0.1) is 28.9 Å². The lowest BCUT2D eigenvalue weighted by atomic mass is 9.78. The van der Waals surface area contributed by atoms with Crippen LogP contribution in [0.3, 0.4) is 0 Å². The van der Waals surface area contributed by atoms with Gasteiger partial charge in [-0.25, -0.2) is 4.79 Å². The highest BCUT2D eigenvalue weighted by atomic mass is 16.7. The van der Waals surface area contributed by atoms with E-state index >= 15 is 0 Å². The Labute approximate surface area is 179 Å².